The van der Waals surface area contributed by atoms with Crippen molar-refractivity contribution in [1.82, 2.24) is 0 Å². The first-order chi connectivity index (χ1) is 11.8. The zero-order valence-corrected chi connectivity index (χ0v) is 14.5. The highest BCUT2D eigenvalue weighted by Crippen LogP contribution is 2.37. The number of ether oxygens (including phenoxy) is 2. The molecule has 0 spiro atoms. The SMILES string of the molecule is CCCC[N+]1=C(OC)OC(c2ccccc2)C(c2ccccc2)C1. The Labute approximate surface area is 144 Å². The van der Waals surface area contributed by atoms with Crippen LogP contribution in [-0.2, 0) is 9.47 Å². The summed E-state index contributed by atoms with van der Waals surface area (Å²) in [6.07, 6.45) is 2.91. The maximum atomic E-state index is 6.32. The van der Waals surface area contributed by atoms with E-state index in [0.29, 0.717) is 6.08 Å². The lowest BCUT2D eigenvalue weighted by Crippen LogP contribution is -2.39. The van der Waals surface area contributed by atoms with Gasteiger partial charge in [0.2, 0.25) is 0 Å². The van der Waals surface area contributed by atoms with Crippen molar-refractivity contribution < 1.29 is 14.0 Å². The van der Waals surface area contributed by atoms with Crippen molar-refractivity contribution in [1.29, 1.82) is 0 Å². The van der Waals surface area contributed by atoms with Crippen LogP contribution >= 0.6 is 0 Å². The molecule has 0 bridgehead atoms. The summed E-state index contributed by atoms with van der Waals surface area (Å²) in [5, 5.41) is 0. The van der Waals surface area contributed by atoms with Crippen molar-refractivity contribution >= 4 is 6.08 Å². The maximum Gasteiger partial charge on any atom is 0.549 e. The van der Waals surface area contributed by atoms with Crippen LogP contribution < -0.4 is 0 Å². The minimum Gasteiger partial charge on any atom is -0.418 e. The molecule has 3 heteroatoms. The fourth-order valence-corrected chi connectivity index (χ4v) is 3.31. The number of unbranched alkanes of at least 4 members (excludes halogenated alkanes) is 1. The third-order valence-electron chi connectivity index (χ3n) is 4.58. The summed E-state index contributed by atoms with van der Waals surface area (Å²) in [6.45, 7) is 4.08. The second kappa shape index (κ2) is 8.00. The molecule has 0 amide bonds. The average molecular weight is 324 g/mol. The molecule has 0 saturated carbocycles. The molecule has 2 unspecified atom stereocenters. The van der Waals surface area contributed by atoms with E-state index in [-0.39, 0.29) is 12.0 Å². The number of nitrogens with zero attached hydrogens (tertiary/aromatic N) is 1. The molecule has 0 radical (unpaired) electrons. The zero-order valence-electron chi connectivity index (χ0n) is 14.5. The average Bonchev–Trinajstić information content (AvgIpc) is 2.67. The Bertz CT molecular complexity index is 667. The summed E-state index contributed by atoms with van der Waals surface area (Å²) in [7, 11) is 1.69. The summed E-state index contributed by atoms with van der Waals surface area (Å²) < 4.78 is 14.1. The highest BCUT2D eigenvalue weighted by Gasteiger charge is 2.39. The highest BCUT2D eigenvalue weighted by molar-refractivity contribution is 5.62. The molecule has 1 aliphatic heterocycles. The number of rotatable bonds is 5. The van der Waals surface area contributed by atoms with Crippen LogP contribution in [0.3, 0.4) is 0 Å². The normalized spacial score (nSPS) is 20.6. The fraction of sp³-hybridized carbons (Fsp3) is 0.381. The predicted molar refractivity (Wildman–Crippen MR) is 96.4 cm³/mol. The van der Waals surface area contributed by atoms with Gasteiger partial charge in [0, 0.05) is 6.42 Å². The molecule has 0 saturated heterocycles. The van der Waals surface area contributed by atoms with Gasteiger partial charge in [-0.25, -0.2) is 0 Å². The number of hydrogen-bond acceptors (Lipinski definition) is 2. The number of hydrogen-bond donors (Lipinski definition) is 0. The van der Waals surface area contributed by atoms with Gasteiger partial charge < -0.3 is 9.47 Å². The standard InChI is InChI=1S/C21H26NO2/c1-3-4-15-22-16-19(17-11-7-5-8-12-17)20(24-21(22)23-2)18-13-9-6-10-14-18/h5-14,19-20H,3-4,15-16H2,1-2H3/q+1. The van der Waals surface area contributed by atoms with Gasteiger partial charge in [0.15, 0.2) is 6.54 Å². The fourth-order valence-electron chi connectivity index (χ4n) is 3.31. The molecular formula is C21H26NO2+. The Morgan fingerprint density at radius 3 is 2.21 bits per heavy atom. The quantitative estimate of drug-likeness (QED) is 0.762. The van der Waals surface area contributed by atoms with Crippen LogP contribution in [0.4, 0.5) is 0 Å². The summed E-state index contributed by atoms with van der Waals surface area (Å²) in [5.41, 5.74) is 2.50. The second-order valence-electron chi connectivity index (χ2n) is 6.24. The summed E-state index contributed by atoms with van der Waals surface area (Å²) in [6, 6.07) is 21.1. The van der Waals surface area contributed by atoms with Crippen LogP contribution in [0.25, 0.3) is 0 Å². The first kappa shape index (κ1) is 16.6. The van der Waals surface area contributed by atoms with Gasteiger partial charge in [-0.3, -0.25) is 0 Å². The summed E-state index contributed by atoms with van der Waals surface area (Å²) >= 11 is 0. The van der Waals surface area contributed by atoms with Gasteiger partial charge in [-0.15, -0.1) is 0 Å². The molecule has 2 aromatic rings. The van der Waals surface area contributed by atoms with Gasteiger partial charge in [-0.05, 0) is 11.1 Å². The van der Waals surface area contributed by atoms with E-state index in [2.05, 4.69) is 66.1 Å². The van der Waals surface area contributed by atoms with E-state index in [1.54, 1.807) is 7.11 Å². The van der Waals surface area contributed by atoms with E-state index in [1.165, 1.54) is 11.1 Å². The van der Waals surface area contributed by atoms with Crippen molar-refractivity contribution in [3.63, 3.8) is 0 Å². The Kier molecular flexibility index (Phi) is 5.52. The third-order valence-corrected chi connectivity index (χ3v) is 4.58. The van der Waals surface area contributed by atoms with Crippen LogP contribution in [0, 0.1) is 0 Å². The minimum absolute atomic E-state index is 0.0265. The molecular weight excluding hydrogens is 298 g/mol. The van der Waals surface area contributed by atoms with E-state index in [0.717, 1.165) is 25.9 Å². The lowest BCUT2D eigenvalue weighted by atomic mass is 9.88. The van der Waals surface area contributed by atoms with E-state index < -0.39 is 0 Å². The van der Waals surface area contributed by atoms with E-state index >= 15 is 0 Å². The van der Waals surface area contributed by atoms with Gasteiger partial charge >= 0.3 is 6.08 Å². The van der Waals surface area contributed by atoms with Gasteiger partial charge in [0.1, 0.15) is 12.6 Å². The first-order valence-electron chi connectivity index (χ1n) is 8.76. The van der Waals surface area contributed by atoms with Gasteiger partial charge in [-0.1, -0.05) is 74.0 Å². The van der Waals surface area contributed by atoms with Crippen LogP contribution in [-0.4, -0.2) is 30.9 Å². The van der Waals surface area contributed by atoms with Crippen molar-refractivity contribution in [3.8, 4) is 0 Å². The molecule has 0 aliphatic carbocycles. The van der Waals surface area contributed by atoms with Crippen molar-refractivity contribution in [2.45, 2.75) is 31.8 Å². The van der Waals surface area contributed by atoms with Crippen LogP contribution in [0.1, 0.15) is 42.9 Å². The highest BCUT2D eigenvalue weighted by atomic mass is 16.7. The lowest BCUT2D eigenvalue weighted by molar-refractivity contribution is -0.561. The van der Waals surface area contributed by atoms with Gasteiger partial charge in [-0.2, -0.15) is 4.58 Å². The van der Waals surface area contributed by atoms with E-state index in [9.17, 15) is 0 Å². The molecule has 3 nitrogen and oxygen atoms in total. The molecule has 24 heavy (non-hydrogen) atoms. The molecule has 1 heterocycles. The van der Waals surface area contributed by atoms with Gasteiger partial charge in [0.25, 0.3) is 0 Å². The van der Waals surface area contributed by atoms with Crippen LogP contribution in [0.2, 0.25) is 0 Å². The molecule has 1 aliphatic rings. The Morgan fingerprint density at radius 1 is 1.00 bits per heavy atom. The molecule has 2 atom stereocenters. The largest absolute Gasteiger partial charge is 0.549 e. The summed E-state index contributed by atoms with van der Waals surface area (Å²) in [5.74, 6) is 0.282. The molecule has 126 valence electrons. The van der Waals surface area contributed by atoms with Crippen molar-refractivity contribution in [2.24, 2.45) is 0 Å². The van der Waals surface area contributed by atoms with Crippen LogP contribution in [0.15, 0.2) is 60.7 Å². The Hall–Kier alpha value is -2.29. The zero-order chi connectivity index (χ0) is 16.8. The summed E-state index contributed by atoms with van der Waals surface area (Å²) in [4.78, 5) is 0. The Balaban J connectivity index is 1.97. The van der Waals surface area contributed by atoms with Crippen molar-refractivity contribution in [2.75, 3.05) is 20.2 Å². The topological polar surface area (TPSA) is 21.5 Å². The molecule has 2 aromatic carbocycles. The second-order valence-corrected chi connectivity index (χ2v) is 6.24. The third kappa shape index (κ3) is 3.61. The van der Waals surface area contributed by atoms with E-state index in [1.807, 2.05) is 6.07 Å². The smallest absolute Gasteiger partial charge is 0.418 e. The van der Waals surface area contributed by atoms with Crippen LogP contribution in [0.5, 0.6) is 0 Å². The first-order valence-corrected chi connectivity index (χ1v) is 8.76. The molecule has 0 N–H and O–H groups in total. The molecule has 3 rings (SSSR count). The van der Waals surface area contributed by atoms with Crippen molar-refractivity contribution in [3.05, 3.63) is 71.8 Å². The predicted octanol–water partition coefficient (Wildman–Crippen LogP) is 4.36. The lowest BCUT2D eigenvalue weighted by Gasteiger charge is -2.30. The number of methoxy groups -OCH3 is 1. The molecule has 0 aromatic heterocycles. The maximum absolute atomic E-state index is 6.32. The number of benzene rings is 2. The monoisotopic (exact) mass is 324 g/mol. The van der Waals surface area contributed by atoms with Gasteiger partial charge in [0.05, 0.1) is 13.0 Å². The van der Waals surface area contributed by atoms with E-state index in [4.69, 9.17) is 9.47 Å². The Morgan fingerprint density at radius 2 is 1.62 bits per heavy atom. The minimum atomic E-state index is -0.0265. The molecule has 0 fully saturated rings.